The maximum atomic E-state index is 14.0. The van der Waals surface area contributed by atoms with Crippen LogP contribution in [-0.2, 0) is 16.6 Å². The van der Waals surface area contributed by atoms with Crippen LogP contribution in [0, 0.1) is 5.82 Å². The van der Waals surface area contributed by atoms with Crippen molar-refractivity contribution in [1.29, 1.82) is 0 Å². The fourth-order valence-corrected chi connectivity index (χ4v) is 5.06. The van der Waals surface area contributed by atoms with E-state index in [2.05, 4.69) is 39.9 Å². The number of hydrogen-bond acceptors (Lipinski definition) is 5. The van der Waals surface area contributed by atoms with Gasteiger partial charge in [0.2, 0.25) is 0 Å². The molecule has 0 saturated heterocycles. The molecule has 30 heavy (non-hydrogen) atoms. The Morgan fingerprint density at radius 3 is 3.03 bits per heavy atom. The number of rotatable bonds is 7. The molecule has 0 amide bonds. The lowest BCUT2D eigenvalue weighted by atomic mass is 9.94. The number of halogens is 1. The fourth-order valence-electron chi connectivity index (χ4n) is 3.97. The van der Waals surface area contributed by atoms with Crippen molar-refractivity contribution in [2.75, 3.05) is 32.6 Å². The van der Waals surface area contributed by atoms with Crippen LogP contribution in [-0.4, -0.2) is 46.3 Å². The number of aromatic nitrogens is 2. The van der Waals surface area contributed by atoms with Crippen molar-refractivity contribution < 1.29 is 13.3 Å². The Labute approximate surface area is 177 Å². The van der Waals surface area contributed by atoms with Crippen molar-refractivity contribution in [3.63, 3.8) is 0 Å². The predicted octanol–water partition coefficient (Wildman–Crippen LogP) is 3.99. The number of hydrogen-bond donors (Lipinski definition) is 2. The number of benzene rings is 2. The van der Waals surface area contributed by atoms with Crippen LogP contribution in [0.3, 0.4) is 0 Å². The number of likely N-dealkylation sites (N-methyl/N-ethyl adjacent to an activating group) is 1. The SMILES string of the molecule is C=CCN(C)C1CCNc2c(CS(=O)c3nc4cc(OC)c(F)cc4[nH]3)cccc21. The molecule has 2 unspecified atom stereocenters. The third kappa shape index (κ3) is 3.85. The monoisotopic (exact) mass is 428 g/mol. The number of aromatic amines is 1. The van der Waals surface area contributed by atoms with Crippen molar-refractivity contribution in [2.24, 2.45) is 0 Å². The van der Waals surface area contributed by atoms with Gasteiger partial charge in [-0.3, -0.25) is 9.11 Å². The molecule has 0 saturated carbocycles. The molecule has 6 nitrogen and oxygen atoms in total. The highest BCUT2D eigenvalue weighted by Crippen LogP contribution is 2.36. The van der Waals surface area contributed by atoms with E-state index in [9.17, 15) is 8.60 Å². The van der Waals surface area contributed by atoms with Crippen molar-refractivity contribution in [1.82, 2.24) is 14.9 Å². The minimum Gasteiger partial charge on any atom is -0.494 e. The molecule has 0 spiro atoms. The zero-order valence-corrected chi connectivity index (χ0v) is 17.9. The highest BCUT2D eigenvalue weighted by Gasteiger charge is 2.25. The van der Waals surface area contributed by atoms with Gasteiger partial charge in [0.25, 0.3) is 0 Å². The van der Waals surface area contributed by atoms with Gasteiger partial charge in [0.15, 0.2) is 16.7 Å². The summed E-state index contributed by atoms with van der Waals surface area (Å²) in [5, 5.41) is 3.81. The van der Waals surface area contributed by atoms with Crippen LogP contribution in [0.4, 0.5) is 10.1 Å². The van der Waals surface area contributed by atoms with Gasteiger partial charge in [0.1, 0.15) is 0 Å². The van der Waals surface area contributed by atoms with Crippen LogP contribution >= 0.6 is 0 Å². The molecular formula is C22H25FN4O2S. The number of anilines is 1. The quantitative estimate of drug-likeness (QED) is 0.557. The lowest BCUT2D eigenvalue weighted by Crippen LogP contribution is -2.31. The first kappa shape index (κ1) is 20.6. The number of imidazole rings is 1. The third-order valence-corrected chi connectivity index (χ3v) is 6.64. The second kappa shape index (κ2) is 8.57. The van der Waals surface area contributed by atoms with Crippen LogP contribution < -0.4 is 10.1 Å². The molecule has 0 bridgehead atoms. The molecule has 0 aliphatic carbocycles. The summed E-state index contributed by atoms with van der Waals surface area (Å²) in [6.07, 6.45) is 2.90. The normalized spacial score (nSPS) is 16.9. The second-order valence-corrected chi connectivity index (χ2v) is 8.74. The molecule has 4 rings (SSSR count). The van der Waals surface area contributed by atoms with Gasteiger partial charge in [-0.1, -0.05) is 24.3 Å². The Balaban J connectivity index is 1.62. The molecule has 8 heteroatoms. The Morgan fingerprint density at radius 2 is 2.27 bits per heavy atom. The first-order chi connectivity index (χ1) is 14.5. The summed E-state index contributed by atoms with van der Waals surface area (Å²) in [6, 6.07) is 9.22. The van der Waals surface area contributed by atoms with E-state index in [4.69, 9.17) is 4.74 Å². The first-order valence-corrected chi connectivity index (χ1v) is 11.1. The summed E-state index contributed by atoms with van der Waals surface area (Å²) < 4.78 is 32.0. The number of H-pyrrole nitrogens is 1. The van der Waals surface area contributed by atoms with E-state index in [0.29, 0.717) is 21.9 Å². The summed E-state index contributed by atoms with van der Waals surface area (Å²) in [7, 11) is 2.09. The summed E-state index contributed by atoms with van der Waals surface area (Å²) in [5.41, 5.74) is 4.25. The lowest BCUT2D eigenvalue weighted by molar-refractivity contribution is 0.257. The van der Waals surface area contributed by atoms with Crippen molar-refractivity contribution in [3.05, 3.63) is 59.9 Å². The van der Waals surface area contributed by atoms with Crippen LogP contribution in [0.5, 0.6) is 5.75 Å². The molecular weight excluding hydrogens is 403 g/mol. The zero-order chi connectivity index (χ0) is 21.3. The number of para-hydroxylation sites is 1. The Hall–Kier alpha value is -2.71. The molecule has 2 N–H and O–H groups in total. The maximum absolute atomic E-state index is 14.0. The van der Waals surface area contributed by atoms with E-state index in [1.807, 2.05) is 18.2 Å². The molecule has 2 heterocycles. The zero-order valence-electron chi connectivity index (χ0n) is 17.1. The Kier molecular flexibility index (Phi) is 5.87. The highest BCUT2D eigenvalue weighted by atomic mass is 32.2. The van der Waals surface area contributed by atoms with Gasteiger partial charge < -0.3 is 15.0 Å². The van der Waals surface area contributed by atoms with Crippen molar-refractivity contribution in [3.8, 4) is 5.75 Å². The van der Waals surface area contributed by atoms with Crippen LogP contribution in [0.25, 0.3) is 11.0 Å². The summed E-state index contributed by atoms with van der Waals surface area (Å²) in [5.74, 6) is -0.0580. The Morgan fingerprint density at radius 1 is 1.43 bits per heavy atom. The molecule has 1 aromatic heterocycles. The van der Waals surface area contributed by atoms with Crippen LogP contribution in [0.1, 0.15) is 23.6 Å². The smallest absolute Gasteiger partial charge is 0.197 e. The van der Waals surface area contributed by atoms with Gasteiger partial charge in [0, 0.05) is 37.0 Å². The summed E-state index contributed by atoms with van der Waals surface area (Å²) in [4.78, 5) is 9.65. The number of ether oxygens (including phenoxy) is 1. The first-order valence-electron chi connectivity index (χ1n) is 9.80. The van der Waals surface area contributed by atoms with Gasteiger partial charge in [-0.15, -0.1) is 6.58 Å². The standard InChI is InChI=1S/C22H25FN4O2S/c1-4-10-27(2)19-8-9-24-21-14(6-5-7-15(19)21)13-30(28)22-25-17-11-16(23)20(29-3)12-18(17)26-22/h4-7,11-12,19,24H,1,8-10,13H2,2-3H3,(H,25,26). The van der Waals surface area contributed by atoms with E-state index < -0.39 is 16.6 Å². The van der Waals surface area contributed by atoms with E-state index in [-0.39, 0.29) is 11.8 Å². The molecule has 2 aromatic carbocycles. The average molecular weight is 429 g/mol. The van der Waals surface area contributed by atoms with Gasteiger partial charge in [0.05, 0.1) is 34.7 Å². The number of fused-ring (bicyclic) bond motifs is 2. The largest absolute Gasteiger partial charge is 0.494 e. The molecule has 1 aliphatic rings. The average Bonchev–Trinajstić information content (AvgIpc) is 3.16. The fraction of sp³-hybridized carbons (Fsp3) is 0.318. The third-order valence-electron chi connectivity index (χ3n) is 5.45. The van der Waals surface area contributed by atoms with Gasteiger partial charge in [-0.25, -0.2) is 9.37 Å². The number of nitrogens with one attached hydrogen (secondary N) is 2. The molecule has 0 fully saturated rings. The van der Waals surface area contributed by atoms with E-state index in [0.717, 1.165) is 30.8 Å². The predicted molar refractivity (Wildman–Crippen MR) is 118 cm³/mol. The number of nitrogens with zero attached hydrogens (tertiary/aromatic N) is 2. The lowest BCUT2D eigenvalue weighted by Gasteiger charge is -2.34. The second-order valence-electron chi connectivity index (χ2n) is 7.38. The molecule has 158 valence electrons. The molecule has 2 atom stereocenters. The Bertz CT molecular complexity index is 1110. The van der Waals surface area contributed by atoms with Crippen molar-refractivity contribution in [2.45, 2.75) is 23.4 Å². The van der Waals surface area contributed by atoms with Crippen LogP contribution in [0.2, 0.25) is 0 Å². The van der Waals surface area contributed by atoms with Crippen molar-refractivity contribution >= 4 is 27.5 Å². The minimum absolute atomic E-state index is 0.113. The number of methoxy groups -OCH3 is 1. The molecule has 0 radical (unpaired) electrons. The van der Waals surface area contributed by atoms with E-state index in [1.165, 1.54) is 24.8 Å². The van der Waals surface area contributed by atoms with E-state index >= 15 is 0 Å². The van der Waals surface area contributed by atoms with Gasteiger partial charge >= 0.3 is 0 Å². The summed E-state index contributed by atoms with van der Waals surface area (Å²) >= 11 is 0. The maximum Gasteiger partial charge on any atom is 0.197 e. The summed E-state index contributed by atoms with van der Waals surface area (Å²) in [6.45, 7) is 5.50. The van der Waals surface area contributed by atoms with Gasteiger partial charge in [-0.05, 0) is 24.6 Å². The highest BCUT2D eigenvalue weighted by molar-refractivity contribution is 7.84. The topological polar surface area (TPSA) is 70.2 Å². The van der Waals surface area contributed by atoms with E-state index in [1.54, 1.807) is 0 Å². The molecule has 3 aromatic rings. The van der Waals surface area contributed by atoms with Crippen LogP contribution in [0.15, 0.2) is 48.1 Å². The minimum atomic E-state index is -1.41. The van der Waals surface area contributed by atoms with Gasteiger partial charge in [-0.2, -0.15) is 0 Å². The molecule has 1 aliphatic heterocycles.